The largest absolute Gasteiger partial charge is 0.443 e. The first kappa shape index (κ1) is 12.7. The van der Waals surface area contributed by atoms with Crippen LogP contribution in [0.1, 0.15) is 34.1 Å². The average Bonchev–Trinajstić information content (AvgIpc) is 2.37. The van der Waals surface area contributed by atoms with Gasteiger partial charge in [0.05, 0.1) is 5.41 Å². The lowest BCUT2D eigenvalue weighted by Crippen LogP contribution is -2.36. The first-order valence-electron chi connectivity index (χ1n) is 5.25. The van der Waals surface area contributed by atoms with Crippen LogP contribution in [-0.2, 0) is 19.1 Å². The molecule has 0 spiro atoms. The Morgan fingerprint density at radius 1 is 1.44 bits per heavy atom. The predicted molar refractivity (Wildman–Crippen MR) is 56.0 cm³/mol. The molecule has 1 atom stereocenters. The molecule has 0 aromatic rings. The molecule has 5 heteroatoms. The quantitative estimate of drug-likeness (QED) is 0.520. The van der Waals surface area contributed by atoms with E-state index in [9.17, 15) is 14.4 Å². The Hall–Kier alpha value is -1.39. The van der Waals surface area contributed by atoms with Gasteiger partial charge in [-0.25, -0.2) is 4.90 Å². The lowest BCUT2D eigenvalue weighted by Gasteiger charge is -2.20. The summed E-state index contributed by atoms with van der Waals surface area (Å²) in [5, 5.41) is 0. The van der Waals surface area contributed by atoms with Gasteiger partial charge in [-0.2, -0.15) is 0 Å². The van der Waals surface area contributed by atoms with Gasteiger partial charge >= 0.3 is 5.97 Å². The summed E-state index contributed by atoms with van der Waals surface area (Å²) in [6.07, 6.45) is 0.200. The van der Waals surface area contributed by atoms with E-state index in [1.54, 1.807) is 27.7 Å². The molecule has 0 N–H and O–H groups in total. The van der Waals surface area contributed by atoms with Gasteiger partial charge < -0.3 is 4.74 Å². The lowest BCUT2D eigenvalue weighted by molar-refractivity contribution is -0.162. The number of carbonyl (C=O) groups is 3. The number of hydrogen-bond donors (Lipinski definition) is 0. The van der Waals surface area contributed by atoms with E-state index in [1.807, 2.05) is 0 Å². The molecular formula is C11H17NO4. The maximum absolute atomic E-state index is 11.5. The van der Waals surface area contributed by atoms with E-state index in [2.05, 4.69) is 0 Å². The highest BCUT2D eigenvalue weighted by Gasteiger charge is 2.36. The van der Waals surface area contributed by atoms with Crippen molar-refractivity contribution in [2.24, 2.45) is 11.3 Å². The van der Waals surface area contributed by atoms with Gasteiger partial charge in [0.25, 0.3) is 0 Å². The second kappa shape index (κ2) is 4.23. The van der Waals surface area contributed by atoms with Crippen molar-refractivity contribution in [1.29, 1.82) is 0 Å². The van der Waals surface area contributed by atoms with E-state index >= 15 is 0 Å². The summed E-state index contributed by atoms with van der Waals surface area (Å²) in [4.78, 5) is 35.3. The van der Waals surface area contributed by atoms with E-state index in [0.717, 1.165) is 4.90 Å². The third-order valence-corrected chi connectivity index (χ3v) is 2.41. The summed E-state index contributed by atoms with van der Waals surface area (Å²) in [7, 11) is 0. The molecule has 0 saturated carbocycles. The van der Waals surface area contributed by atoms with E-state index < -0.39 is 11.4 Å². The minimum atomic E-state index is -0.628. The summed E-state index contributed by atoms with van der Waals surface area (Å²) in [5.74, 6) is -1.28. The van der Waals surface area contributed by atoms with Crippen LogP contribution in [0.5, 0.6) is 0 Å². The zero-order chi connectivity index (χ0) is 12.5. The fourth-order valence-electron chi connectivity index (χ4n) is 1.32. The second-order valence-corrected chi connectivity index (χ2v) is 5.08. The van der Waals surface area contributed by atoms with Crippen molar-refractivity contribution in [3.63, 3.8) is 0 Å². The molecule has 1 aliphatic rings. The van der Waals surface area contributed by atoms with Crippen molar-refractivity contribution in [3.05, 3.63) is 0 Å². The highest BCUT2D eigenvalue weighted by Crippen LogP contribution is 2.20. The molecule has 1 aliphatic heterocycles. The molecule has 1 heterocycles. The zero-order valence-corrected chi connectivity index (χ0v) is 10.1. The summed E-state index contributed by atoms with van der Waals surface area (Å²) in [5.41, 5.74) is -0.628. The van der Waals surface area contributed by atoms with Crippen molar-refractivity contribution in [1.82, 2.24) is 4.90 Å². The summed E-state index contributed by atoms with van der Waals surface area (Å²) < 4.78 is 4.92. The Balaban J connectivity index is 2.54. The van der Waals surface area contributed by atoms with Crippen LogP contribution in [0.3, 0.4) is 0 Å². The van der Waals surface area contributed by atoms with Crippen molar-refractivity contribution in [2.45, 2.75) is 34.1 Å². The van der Waals surface area contributed by atoms with Gasteiger partial charge in [0.15, 0.2) is 6.73 Å². The molecule has 0 radical (unpaired) electrons. The highest BCUT2D eigenvalue weighted by molar-refractivity contribution is 6.03. The third-order valence-electron chi connectivity index (χ3n) is 2.41. The molecule has 2 amide bonds. The molecule has 0 aromatic heterocycles. The predicted octanol–water partition coefficient (Wildman–Crippen LogP) is 0.928. The summed E-state index contributed by atoms with van der Waals surface area (Å²) in [6, 6.07) is 0. The SMILES string of the molecule is CC1CC(=O)N(COC(=O)C(C)(C)C)C1=O. The molecule has 90 valence electrons. The van der Waals surface area contributed by atoms with Crippen molar-refractivity contribution in [3.8, 4) is 0 Å². The van der Waals surface area contributed by atoms with Crippen LogP contribution in [0.15, 0.2) is 0 Å². The average molecular weight is 227 g/mol. The van der Waals surface area contributed by atoms with Gasteiger partial charge in [0.1, 0.15) is 0 Å². The first-order chi connectivity index (χ1) is 7.23. The van der Waals surface area contributed by atoms with Crippen LogP contribution < -0.4 is 0 Å². The van der Waals surface area contributed by atoms with Crippen LogP contribution >= 0.6 is 0 Å². The molecule has 1 fully saturated rings. The van der Waals surface area contributed by atoms with E-state index in [4.69, 9.17) is 4.74 Å². The lowest BCUT2D eigenvalue weighted by atomic mass is 9.98. The second-order valence-electron chi connectivity index (χ2n) is 5.08. The van der Waals surface area contributed by atoms with Crippen LogP contribution in [0.4, 0.5) is 0 Å². The van der Waals surface area contributed by atoms with Gasteiger partial charge in [-0.05, 0) is 20.8 Å². The third kappa shape index (κ3) is 2.59. The number of amides is 2. The number of ether oxygens (including phenoxy) is 1. The summed E-state index contributed by atoms with van der Waals surface area (Å²) in [6.45, 7) is 6.56. The fourth-order valence-corrected chi connectivity index (χ4v) is 1.32. The van der Waals surface area contributed by atoms with Crippen LogP contribution in [0.25, 0.3) is 0 Å². The number of rotatable bonds is 2. The van der Waals surface area contributed by atoms with Crippen LogP contribution in [0, 0.1) is 11.3 Å². The van der Waals surface area contributed by atoms with Gasteiger partial charge in [-0.1, -0.05) is 6.92 Å². The molecule has 1 rings (SSSR count). The Labute approximate surface area is 94.7 Å². The van der Waals surface area contributed by atoms with Gasteiger partial charge in [-0.15, -0.1) is 0 Å². The Morgan fingerprint density at radius 2 is 2.00 bits per heavy atom. The Morgan fingerprint density at radius 3 is 2.38 bits per heavy atom. The minimum absolute atomic E-state index is 0.200. The van der Waals surface area contributed by atoms with Gasteiger partial charge in [-0.3, -0.25) is 14.4 Å². The number of esters is 1. The van der Waals surface area contributed by atoms with Crippen LogP contribution in [-0.4, -0.2) is 29.4 Å². The maximum atomic E-state index is 11.5. The van der Waals surface area contributed by atoms with Gasteiger partial charge in [0, 0.05) is 12.3 Å². The molecular weight excluding hydrogens is 210 g/mol. The fraction of sp³-hybridized carbons (Fsp3) is 0.727. The van der Waals surface area contributed by atoms with Crippen LogP contribution in [0.2, 0.25) is 0 Å². The molecule has 1 saturated heterocycles. The van der Waals surface area contributed by atoms with E-state index in [1.165, 1.54) is 0 Å². The maximum Gasteiger partial charge on any atom is 0.312 e. The van der Waals surface area contributed by atoms with Crippen molar-refractivity contribution >= 4 is 17.8 Å². The van der Waals surface area contributed by atoms with Crippen molar-refractivity contribution in [2.75, 3.05) is 6.73 Å². The smallest absolute Gasteiger partial charge is 0.312 e. The number of nitrogens with zero attached hydrogens (tertiary/aromatic N) is 1. The molecule has 0 aromatic carbocycles. The van der Waals surface area contributed by atoms with Gasteiger partial charge in [0.2, 0.25) is 11.8 Å². The first-order valence-corrected chi connectivity index (χ1v) is 5.25. The topological polar surface area (TPSA) is 63.7 Å². The Kier molecular flexibility index (Phi) is 3.35. The standard InChI is InChI=1S/C11H17NO4/c1-7-5-8(13)12(9(7)14)6-16-10(15)11(2,3)4/h7H,5-6H2,1-4H3. The molecule has 16 heavy (non-hydrogen) atoms. The highest BCUT2D eigenvalue weighted by atomic mass is 16.5. The number of hydrogen-bond acceptors (Lipinski definition) is 4. The normalized spacial score (nSPS) is 21.5. The van der Waals surface area contributed by atoms with Crippen molar-refractivity contribution < 1.29 is 19.1 Å². The van der Waals surface area contributed by atoms with E-state index in [-0.39, 0.29) is 30.9 Å². The minimum Gasteiger partial charge on any atom is -0.443 e. The monoisotopic (exact) mass is 227 g/mol. The molecule has 5 nitrogen and oxygen atoms in total. The molecule has 0 aliphatic carbocycles. The number of carbonyl (C=O) groups excluding carboxylic acids is 3. The van der Waals surface area contributed by atoms with E-state index in [0.29, 0.717) is 0 Å². The summed E-state index contributed by atoms with van der Waals surface area (Å²) >= 11 is 0. The number of likely N-dealkylation sites (tertiary alicyclic amines) is 1. The molecule has 0 bridgehead atoms. The zero-order valence-electron chi connectivity index (χ0n) is 10.1. The number of imide groups is 1. The molecule has 1 unspecified atom stereocenters. The Bertz CT molecular complexity index is 329.